The van der Waals surface area contributed by atoms with Crippen molar-refractivity contribution in [3.05, 3.63) is 0 Å². The van der Waals surface area contributed by atoms with Crippen molar-refractivity contribution >= 4 is 59.7 Å². The lowest BCUT2D eigenvalue weighted by molar-refractivity contribution is -0.388. The molecule has 4 aliphatic heterocycles. The van der Waals surface area contributed by atoms with Gasteiger partial charge >= 0.3 is 59.7 Å². The molecule has 31 heteroatoms. The third-order valence-electron chi connectivity index (χ3n) is 11.4. The standard InChI is InChI=1S/C46H66O31/c1-17(47)61-13-27-33(59-11)31(57)37(65-21(5)51)44(72-27)75-34-28(14-62-18(2)48)73-45(38(32(34)58)66-22(6)52)76-36-30(16-64-20(4)50)74-46(42(70-26(10)56)40(36)68-24(8)54)77-35-29(15-63-19(3)49)71-43(60-12)41(69-25(9)55)39(35)67-23(7)53/h27-46,57-58H,13-16H2,1-12H3/t27-,28?,29?,30-,31?,32+,33?,34?,35?,36?,37?,38?,39+,40?,41?,42?,43+,44+,45-,46+/m0/s1. The Bertz CT molecular complexity index is 2080. The summed E-state index contributed by atoms with van der Waals surface area (Å²) in [5, 5.41) is 23.7. The highest BCUT2D eigenvalue weighted by Gasteiger charge is 2.60. The van der Waals surface area contributed by atoms with E-state index in [9.17, 15) is 58.2 Å². The molecule has 4 saturated heterocycles. The van der Waals surface area contributed by atoms with Gasteiger partial charge in [-0.2, -0.15) is 0 Å². The Morgan fingerprint density at radius 2 is 0.545 bits per heavy atom. The fourth-order valence-electron chi connectivity index (χ4n) is 8.57. The first kappa shape index (κ1) is 63.8. The van der Waals surface area contributed by atoms with Gasteiger partial charge < -0.3 is 100 Å². The Morgan fingerprint density at radius 1 is 0.299 bits per heavy atom. The molecule has 77 heavy (non-hydrogen) atoms. The molecule has 2 N–H and O–H groups in total. The summed E-state index contributed by atoms with van der Waals surface area (Å²) in [6.07, 6.45) is -35.6. The zero-order valence-corrected chi connectivity index (χ0v) is 44.1. The summed E-state index contributed by atoms with van der Waals surface area (Å²) in [7, 11) is 2.34. The molecule has 4 heterocycles. The smallest absolute Gasteiger partial charge is 0.303 e. The molecule has 0 aromatic carbocycles. The summed E-state index contributed by atoms with van der Waals surface area (Å²) in [6, 6.07) is 0. The van der Waals surface area contributed by atoms with Crippen molar-refractivity contribution in [2.24, 2.45) is 0 Å². The number of hydrogen-bond acceptors (Lipinski definition) is 31. The average molecular weight is 1120 g/mol. The summed E-state index contributed by atoms with van der Waals surface area (Å²) < 4.78 is 109. The van der Waals surface area contributed by atoms with Gasteiger partial charge in [0.1, 0.15) is 87.5 Å². The number of methoxy groups -OCH3 is 2. The molecule has 0 aliphatic carbocycles. The predicted molar refractivity (Wildman–Crippen MR) is 239 cm³/mol. The number of carbonyl (C=O) groups is 10. The van der Waals surface area contributed by atoms with Crippen LogP contribution in [0.25, 0.3) is 0 Å². The van der Waals surface area contributed by atoms with E-state index in [1.165, 1.54) is 7.11 Å². The van der Waals surface area contributed by atoms with Gasteiger partial charge in [0, 0.05) is 83.5 Å². The van der Waals surface area contributed by atoms with Gasteiger partial charge in [0.25, 0.3) is 0 Å². The Balaban J connectivity index is 1.87. The number of esters is 10. The Morgan fingerprint density at radius 3 is 0.857 bits per heavy atom. The molecule has 0 aromatic rings. The number of carbonyl (C=O) groups excluding carboxylic acids is 10. The maximum atomic E-state index is 13.1. The maximum Gasteiger partial charge on any atom is 0.303 e. The van der Waals surface area contributed by atoms with Crippen molar-refractivity contribution in [3.63, 3.8) is 0 Å². The molecule has 0 spiro atoms. The van der Waals surface area contributed by atoms with E-state index in [0.717, 1.165) is 76.3 Å². The van der Waals surface area contributed by atoms with Crippen LogP contribution >= 0.6 is 0 Å². The second-order valence-corrected chi connectivity index (χ2v) is 17.5. The van der Waals surface area contributed by atoms with Crippen LogP contribution in [0.2, 0.25) is 0 Å². The van der Waals surface area contributed by atoms with Crippen LogP contribution in [-0.2, 0) is 138 Å². The lowest BCUT2D eigenvalue weighted by atomic mass is 9.95. The van der Waals surface area contributed by atoms with Crippen molar-refractivity contribution in [2.75, 3.05) is 40.6 Å². The molecule has 4 fully saturated rings. The van der Waals surface area contributed by atoms with E-state index in [-0.39, 0.29) is 0 Å². The third-order valence-corrected chi connectivity index (χ3v) is 11.4. The van der Waals surface area contributed by atoms with Crippen LogP contribution < -0.4 is 0 Å². The highest BCUT2D eigenvalue weighted by atomic mass is 16.8. The van der Waals surface area contributed by atoms with Crippen molar-refractivity contribution in [1.82, 2.24) is 0 Å². The predicted octanol–water partition coefficient (Wildman–Crippen LogP) is -2.73. The molecule has 31 nitrogen and oxygen atoms in total. The van der Waals surface area contributed by atoms with Gasteiger partial charge in [0.05, 0.1) is 0 Å². The number of aliphatic hydroxyl groups is 2. The zero-order chi connectivity index (χ0) is 57.6. The fraction of sp³-hybridized carbons (Fsp3) is 0.783. The molecule has 436 valence electrons. The van der Waals surface area contributed by atoms with Crippen LogP contribution in [0.4, 0.5) is 0 Å². The molecular formula is C46H66O31. The van der Waals surface area contributed by atoms with Gasteiger partial charge in [0.2, 0.25) is 0 Å². The minimum atomic E-state index is -2.16. The molecule has 4 rings (SSSR count). The molecule has 0 bridgehead atoms. The van der Waals surface area contributed by atoms with Gasteiger partial charge in [-0.1, -0.05) is 0 Å². The van der Waals surface area contributed by atoms with Gasteiger partial charge in [0.15, 0.2) is 61.8 Å². The lowest BCUT2D eigenvalue weighted by Gasteiger charge is -2.50. The van der Waals surface area contributed by atoms with Gasteiger partial charge in [-0.25, -0.2) is 0 Å². The van der Waals surface area contributed by atoms with Crippen LogP contribution in [0.15, 0.2) is 0 Å². The summed E-state index contributed by atoms with van der Waals surface area (Å²) in [4.78, 5) is 125. The Hall–Kier alpha value is -5.74. The van der Waals surface area contributed by atoms with Crippen molar-refractivity contribution in [2.45, 2.75) is 192 Å². The molecule has 0 saturated carbocycles. The lowest BCUT2D eigenvalue weighted by Crippen LogP contribution is -2.69. The van der Waals surface area contributed by atoms with Crippen molar-refractivity contribution < 1.29 is 148 Å². The topological polar surface area (TPSA) is 387 Å². The van der Waals surface area contributed by atoms with Crippen molar-refractivity contribution in [3.8, 4) is 0 Å². The summed E-state index contributed by atoms with van der Waals surface area (Å²) in [5.74, 6) is -9.46. The first-order valence-corrected chi connectivity index (χ1v) is 23.7. The Labute approximate surface area is 439 Å². The van der Waals surface area contributed by atoms with E-state index in [4.69, 9.17) is 90.0 Å². The number of aliphatic hydroxyl groups excluding tert-OH is 2. The first-order valence-electron chi connectivity index (χ1n) is 23.7. The largest absolute Gasteiger partial charge is 0.463 e. The average Bonchev–Trinajstić information content (AvgIpc) is 3.31. The number of rotatable bonds is 22. The van der Waals surface area contributed by atoms with Crippen LogP contribution in [0.5, 0.6) is 0 Å². The van der Waals surface area contributed by atoms with E-state index in [0.29, 0.717) is 0 Å². The molecule has 0 radical (unpaired) electrons. The zero-order valence-electron chi connectivity index (χ0n) is 44.1. The molecule has 0 aromatic heterocycles. The molecule has 20 atom stereocenters. The normalized spacial score (nSPS) is 34.9. The molecular weight excluding hydrogens is 1050 g/mol. The van der Waals surface area contributed by atoms with E-state index >= 15 is 0 Å². The van der Waals surface area contributed by atoms with Crippen LogP contribution in [0.3, 0.4) is 0 Å². The summed E-state index contributed by atoms with van der Waals surface area (Å²) in [5.41, 5.74) is 0. The summed E-state index contributed by atoms with van der Waals surface area (Å²) >= 11 is 0. The van der Waals surface area contributed by atoms with Crippen molar-refractivity contribution in [1.29, 1.82) is 0 Å². The third kappa shape index (κ3) is 18.2. The minimum Gasteiger partial charge on any atom is -0.463 e. The highest BCUT2D eigenvalue weighted by molar-refractivity contribution is 5.69. The van der Waals surface area contributed by atoms with Gasteiger partial charge in [-0.05, 0) is 0 Å². The van der Waals surface area contributed by atoms with E-state index in [1.807, 2.05) is 0 Å². The Kier molecular flexibility index (Phi) is 24.3. The van der Waals surface area contributed by atoms with Crippen LogP contribution in [-0.4, -0.2) is 233 Å². The van der Waals surface area contributed by atoms with E-state index < -0.39 is 209 Å². The first-order chi connectivity index (χ1) is 36.1. The van der Waals surface area contributed by atoms with Crippen LogP contribution in [0.1, 0.15) is 69.2 Å². The van der Waals surface area contributed by atoms with Gasteiger partial charge in [-0.15, -0.1) is 0 Å². The highest BCUT2D eigenvalue weighted by Crippen LogP contribution is 2.39. The molecule has 4 aliphatic rings. The number of ether oxygens (including phenoxy) is 19. The second-order valence-electron chi connectivity index (χ2n) is 17.5. The van der Waals surface area contributed by atoms with E-state index in [1.54, 1.807) is 0 Å². The molecule has 12 unspecified atom stereocenters. The SMILES string of the molecule is COC1C(O)C(OC(C)=O)[C@@H](OC2C(COC(C)=O)O[C@@H](OC3C(OC(C)=O)C(OC(C)=O)[C@@H](OC4C(COC(C)=O)O[C@@H](OC)C(OC(C)=O)[C@@H]4OC(C)=O)O[C@H]3COC(C)=O)C(OC(C)=O)[C@@H]2O)O[C@H]1COC(C)=O. The van der Waals surface area contributed by atoms with E-state index in [2.05, 4.69) is 0 Å². The maximum absolute atomic E-state index is 13.1. The number of hydrogen-bond donors (Lipinski definition) is 2. The van der Waals surface area contributed by atoms with Gasteiger partial charge in [-0.3, -0.25) is 47.9 Å². The monoisotopic (exact) mass is 1110 g/mol. The quantitative estimate of drug-likeness (QED) is 0.0821. The minimum absolute atomic E-state index is 0.537. The molecule has 0 amide bonds. The fourth-order valence-corrected chi connectivity index (χ4v) is 8.57. The summed E-state index contributed by atoms with van der Waals surface area (Å²) in [6.45, 7) is 7.17. The second kappa shape index (κ2) is 29.3. The van der Waals surface area contributed by atoms with Crippen LogP contribution in [0, 0.1) is 0 Å².